The summed E-state index contributed by atoms with van der Waals surface area (Å²) in [5, 5.41) is 11.6. The third kappa shape index (κ3) is 4.69. The zero-order valence-corrected chi connectivity index (χ0v) is 13.8. The second-order valence-electron chi connectivity index (χ2n) is 5.84. The molecule has 6 nitrogen and oxygen atoms in total. The quantitative estimate of drug-likeness (QED) is 0.698. The van der Waals surface area contributed by atoms with Gasteiger partial charge in [-0.15, -0.1) is 0 Å². The molecule has 0 saturated heterocycles. The van der Waals surface area contributed by atoms with Crippen LogP contribution < -0.4 is 15.8 Å². The largest absolute Gasteiger partial charge is 0.480 e. The van der Waals surface area contributed by atoms with Crippen molar-refractivity contribution in [3.8, 4) is 11.5 Å². The number of rotatable bonds is 6. The molecule has 0 aromatic heterocycles. The Morgan fingerprint density at radius 2 is 1.72 bits per heavy atom. The number of carbonyl (C=O) groups excluding carboxylic acids is 1. The monoisotopic (exact) mass is 346 g/mol. The number of carboxylic acids is 1. The van der Waals surface area contributed by atoms with Crippen LogP contribution in [-0.4, -0.2) is 23.0 Å². The molecule has 7 heteroatoms. The Morgan fingerprint density at radius 3 is 2.28 bits per heavy atom. The van der Waals surface area contributed by atoms with Crippen LogP contribution in [0.1, 0.15) is 24.2 Å². The van der Waals surface area contributed by atoms with Crippen molar-refractivity contribution in [2.24, 2.45) is 5.92 Å². The minimum absolute atomic E-state index is 0.103. The van der Waals surface area contributed by atoms with Crippen molar-refractivity contribution in [2.75, 3.05) is 5.73 Å². The molecule has 0 bridgehead atoms. The van der Waals surface area contributed by atoms with Gasteiger partial charge in [0.25, 0.3) is 5.91 Å². The SMILES string of the molecule is CC(C)[C@@H](NC(=O)c1cc(Oc2ccc(F)cc2)ccc1N)C(=O)O. The fraction of sp³-hybridized carbons (Fsp3) is 0.222. The molecule has 0 heterocycles. The molecule has 2 aromatic carbocycles. The van der Waals surface area contributed by atoms with Gasteiger partial charge in [-0.25, -0.2) is 9.18 Å². The molecular weight excluding hydrogens is 327 g/mol. The van der Waals surface area contributed by atoms with Crippen molar-refractivity contribution in [1.82, 2.24) is 5.32 Å². The second kappa shape index (κ2) is 7.65. The summed E-state index contributed by atoms with van der Waals surface area (Å²) in [6.07, 6.45) is 0. The Morgan fingerprint density at radius 1 is 1.12 bits per heavy atom. The Bertz CT molecular complexity index is 775. The molecule has 4 N–H and O–H groups in total. The first-order chi connectivity index (χ1) is 11.8. The predicted molar refractivity (Wildman–Crippen MR) is 91.1 cm³/mol. The molecular formula is C18H19FN2O4. The average molecular weight is 346 g/mol. The third-order valence-electron chi connectivity index (χ3n) is 3.54. The number of carboxylic acid groups (broad SMARTS) is 1. The third-order valence-corrected chi connectivity index (χ3v) is 3.54. The lowest BCUT2D eigenvalue weighted by molar-refractivity contribution is -0.140. The van der Waals surface area contributed by atoms with Crippen molar-refractivity contribution in [3.05, 3.63) is 53.8 Å². The first-order valence-corrected chi connectivity index (χ1v) is 7.64. The molecule has 1 amide bonds. The summed E-state index contributed by atoms with van der Waals surface area (Å²) in [6, 6.07) is 8.82. The maximum Gasteiger partial charge on any atom is 0.326 e. The van der Waals surface area contributed by atoms with E-state index in [4.69, 9.17) is 10.5 Å². The maximum atomic E-state index is 12.9. The van der Waals surface area contributed by atoms with E-state index >= 15 is 0 Å². The molecule has 0 spiro atoms. The van der Waals surface area contributed by atoms with E-state index in [1.54, 1.807) is 19.9 Å². The molecule has 0 aliphatic carbocycles. The Hall–Kier alpha value is -3.09. The van der Waals surface area contributed by atoms with Crippen molar-refractivity contribution in [1.29, 1.82) is 0 Å². The van der Waals surface area contributed by atoms with Crippen LogP contribution in [0.25, 0.3) is 0 Å². The first kappa shape index (κ1) is 18.3. The molecule has 0 saturated carbocycles. The van der Waals surface area contributed by atoms with E-state index in [0.29, 0.717) is 11.5 Å². The van der Waals surface area contributed by atoms with Gasteiger partial charge in [0.1, 0.15) is 23.4 Å². The van der Waals surface area contributed by atoms with Crippen LogP contribution in [0.15, 0.2) is 42.5 Å². The normalized spacial score (nSPS) is 11.8. The average Bonchev–Trinajstić information content (AvgIpc) is 2.55. The lowest BCUT2D eigenvalue weighted by Crippen LogP contribution is -2.44. The number of ether oxygens (including phenoxy) is 1. The fourth-order valence-corrected chi connectivity index (χ4v) is 2.17. The van der Waals surface area contributed by atoms with Crippen molar-refractivity contribution < 1.29 is 23.8 Å². The van der Waals surface area contributed by atoms with E-state index < -0.39 is 23.7 Å². The van der Waals surface area contributed by atoms with Gasteiger partial charge < -0.3 is 20.9 Å². The highest BCUT2D eigenvalue weighted by molar-refractivity contribution is 6.01. The van der Waals surface area contributed by atoms with Gasteiger partial charge >= 0.3 is 5.97 Å². The Balaban J connectivity index is 2.21. The van der Waals surface area contributed by atoms with E-state index in [9.17, 15) is 19.1 Å². The molecule has 2 aromatic rings. The number of nitrogens with one attached hydrogen (secondary N) is 1. The van der Waals surface area contributed by atoms with Crippen LogP contribution in [0.5, 0.6) is 11.5 Å². The Labute approximate surface area is 144 Å². The van der Waals surface area contributed by atoms with E-state index in [1.165, 1.54) is 36.4 Å². The summed E-state index contributed by atoms with van der Waals surface area (Å²) in [7, 11) is 0. The number of nitrogens with two attached hydrogens (primary N) is 1. The lowest BCUT2D eigenvalue weighted by atomic mass is 10.0. The van der Waals surface area contributed by atoms with Crippen molar-refractivity contribution in [2.45, 2.75) is 19.9 Å². The number of halogens is 1. The number of aliphatic carboxylic acids is 1. The maximum absolute atomic E-state index is 12.9. The summed E-state index contributed by atoms with van der Waals surface area (Å²) < 4.78 is 18.5. The summed E-state index contributed by atoms with van der Waals surface area (Å²) >= 11 is 0. The van der Waals surface area contributed by atoms with Crippen LogP contribution in [0.4, 0.5) is 10.1 Å². The van der Waals surface area contributed by atoms with Gasteiger partial charge in [-0.2, -0.15) is 0 Å². The molecule has 0 fully saturated rings. The van der Waals surface area contributed by atoms with Crippen LogP contribution in [0.3, 0.4) is 0 Å². The van der Waals surface area contributed by atoms with Gasteiger partial charge in [0, 0.05) is 5.69 Å². The zero-order chi connectivity index (χ0) is 18.6. The van der Waals surface area contributed by atoms with E-state index in [1.807, 2.05) is 0 Å². The van der Waals surface area contributed by atoms with Crippen molar-refractivity contribution >= 4 is 17.6 Å². The van der Waals surface area contributed by atoms with Crippen LogP contribution >= 0.6 is 0 Å². The summed E-state index contributed by atoms with van der Waals surface area (Å²) in [6.45, 7) is 3.38. The minimum atomic E-state index is -1.12. The number of benzene rings is 2. The van der Waals surface area contributed by atoms with E-state index in [2.05, 4.69) is 5.32 Å². The predicted octanol–water partition coefficient (Wildman–Crippen LogP) is 3.04. The molecule has 132 valence electrons. The van der Waals surface area contributed by atoms with Crippen LogP contribution in [-0.2, 0) is 4.79 Å². The highest BCUT2D eigenvalue weighted by atomic mass is 19.1. The lowest BCUT2D eigenvalue weighted by Gasteiger charge is -2.18. The van der Waals surface area contributed by atoms with Gasteiger partial charge in [0.2, 0.25) is 0 Å². The smallest absolute Gasteiger partial charge is 0.326 e. The summed E-state index contributed by atoms with van der Waals surface area (Å²) in [5.74, 6) is -1.70. The molecule has 25 heavy (non-hydrogen) atoms. The number of amides is 1. The van der Waals surface area contributed by atoms with Gasteiger partial charge in [0.05, 0.1) is 5.56 Å². The molecule has 0 unspecified atom stereocenters. The molecule has 0 aliphatic heterocycles. The number of hydrogen-bond donors (Lipinski definition) is 3. The Kier molecular flexibility index (Phi) is 5.59. The molecule has 0 radical (unpaired) electrons. The van der Waals surface area contributed by atoms with Crippen molar-refractivity contribution in [3.63, 3.8) is 0 Å². The standard InChI is InChI=1S/C18H19FN2O4/c1-10(2)16(18(23)24)21-17(22)14-9-13(7-8-15(14)20)25-12-5-3-11(19)4-6-12/h3-10,16H,20H2,1-2H3,(H,21,22)(H,23,24)/t16-/m1/s1. The molecule has 2 rings (SSSR count). The highest BCUT2D eigenvalue weighted by Crippen LogP contribution is 2.25. The number of nitrogen functional groups attached to an aromatic ring is 1. The number of hydrogen-bond acceptors (Lipinski definition) is 4. The topological polar surface area (TPSA) is 102 Å². The molecule has 0 aliphatic rings. The zero-order valence-electron chi connectivity index (χ0n) is 13.8. The van der Waals surface area contributed by atoms with E-state index in [-0.39, 0.29) is 17.2 Å². The summed E-state index contributed by atoms with van der Waals surface area (Å²) in [5.41, 5.74) is 6.11. The van der Waals surface area contributed by atoms with Crippen LogP contribution in [0.2, 0.25) is 0 Å². The van der Waals surface area contributed by atoms with Gasteiger partial charge in [-0.05, 0) is 48.4 Å². The first-order valence-electron chi connectivity index (χ1n) is 7.64. The van der Waals surface area contributed by atoms with E-state index in [0.717, 1.165) is 0 Å². The molecule has 1 atom stereocenters. The van der Waals surface area contributed by atoms with Gasteiger partial charge in [0.15, 0.2) is 0 Å². The van der Waals surface area contributed by atoms with Gasteiger partial charge in [-0.1, -0.05) is 13.8 Å². The van der Waals surface area contributed by atoms with Gasteiger partial charge in [-0.3, -0.25) is 4.79 Å². The number of carbonyl (C=O) groups is 2. The second-order valence-corrected chi connectivity index (χ2v) is 5.84. The highest BCUT2D eigenvalue weighted by Gasteiger charge is 2.25. The van der Waals surface area contributed by atoms with Crippen LogP contribution in [0, 0.1) is 11.7 Å². The fourth-order valence-electron chi connectivity index (χ4n) is 2.17. The summed E-state index contributed by atoms with van der Waals surface area (Å²) in [4.78, 5) is 23.6. The minimum Gasteiger partial charge on any atom is -0.480 e. The number of anilines is 1.